The van der Waals surface area contributed by atoms with Crippen molar-refractivity contribution in [1.82, 2.24) is 10.2 Å². The van der Waals surface area contributed by atoms with Gasteiger partial charge in [0.25, 0.3) is 0 Å². The minimum atomic E-state index is -0.923. The molecule has 0 radical (unpaired) electrons. The number of rotatable bonds is 7. The summed E-state index contributed by atoms with van der Waals surface area (Å²) >= 11 is 0. The molecule has 1 amide bonds. The fourth-order valence-corrected chi connectivity index (χ4v) is 2.15. The number of carboxylic acid groups (broad SMARTS) is 1. The van der Waals surface area contributed by atoms with E-state index < -0.39 is 12.0 Å². The molecule has 2 unspecified atom stereocenters. The fraction of sp³-hybridized carbons (Fsp3) is 0.833. The summed E-state index contributed by atoms with van der Waals surface area (Å²) in [5.41, 5.74) is 5.62. The minimum Gasteiger partial charge on any atom is -0.481 e. The van der Waals surface area contributed by atoms with Gasteiger partial charge >= 0.3 is 5.97 Å². The topological polar surface area (TPSA) is 95.7 Å². The van der Waals surface area contributed by atoms with Crippen LogP contribution in [0.4, 0.5) is 0 Å². The van der Waals surface area contributed by atoms with Gasteiger partial charge in [-0.1, -0.05) is 6.92 Å². The van der Waals surface area contributed by atoms with Gasteiger partial charge in [0.2, 0.25) is 5.91 Å². The van der Waals surface area contributed by atoms with E-state index in [2.05, 4.69) is 17.1 Å². The summed E-state index contributed by atoms with van der Waals surface area (Å²) in [6, 6.07) is -0.718. The minimum absolute atomic E-state index is 0.0678. The number of nitrogens with one attached hydrogen (secondary N) is 1. The lowest BCUT2D eigenvalue weighted by Crippen LogP contribution is -2.43. The second-order valence-corrected chi connectivity index (χ2v) is 4.83. The number of nitrogens with zero attached hydrogens (tertiary/aromatic N) is 1. The zero-order valence-electron chi connectivity index (χ0n) is 10.9. The second kappa shape index (κ2) is 7.33. The van der Waals surface area contributed by atoms with Gasteiger partial charge in [0, 0.05) is 19.5 Å². The van der Waals surface area contributed by atoms with Crippen molar-refractivity contribution in [3.8, 4) is 0 Å². The molecule has 1 rings (SSSR count). The van der Waals surface area contributed by atoms with E-state index in [9.17, 15) is 9.59 Å². The monoisotopic (exact) mass is 257 g/mol. The van der Waals surface area contributed by atoms with Crippen LogP contribution in [-0.4, -0.2) is 54.1 Å². The maximum atomic E-state index is 11.6. The van der Waals surface area contributed by atoms with E-state index in [1.807, 2.05) is 0 Å². The van der Waals surface area contributed by atoms with E-state index in [1.54, 1.807) is 0 Å². The lowest BCUT2D eigenvalue weighted by molar-refractivity contribution is -0.137. The van der Waals surface area contributed by atoms with Crippen LogP contribution in [-0.2, 0) is 9.59 Å². The van der Waals surface area contributed by atoms with Crippen LogP contribution in [0.15, 0.2) is 0 Å². The van der Waals surface area contributed by atoms with E-state index in [0.29, 0.717) is 12.5 Å². The molecule has 18 heavy (non-hydrogen) atoms. The standard InChI is InChI=1S/C12H23N3O3/c1-2-15-6-5-9(8-15)7-14-12(18)10(13)3-4-11(16)17/h9-10H,2-8,13H2,1H3,(H,14,18)(H,16,17). The van der Waals surface area contributed by atoms with Crippen LogP contribution in [0.5, 0.6) is 0 Å². The summed E-state index contributed by atoms with van der Waals surface area (Å²) < 4.78 is 0. The molecule has 0 saturated carbocycles. The molecule has 1 heterocycles. The Morgan fingerprint density at radius 2 is 2.28 bits per heavy atom. The zero-order chi connectivity index (χ0) is 13.5. The summed E-state index contributed by atoms with van der Waals surface area (Å²) in [4.78, 5) is 24.3. The van der Waals surface area contributed by atoms with Crippen LogP contribution < -0.4 is 11.1 Å². The number of aliphatic carboxylic acids is 1. The maximum Gasteiger partial charge on any atom is 0.303 e. The molecule has 6 nitrogen and oxygen atoms in total. The van der Waals surface area contributed by atoms with Crippen molar-refractivity contribution in [1.29, 1.82) is 0 Å². The number of carbonyl (C=O) groups excluding carboxylic acids is 1. The van der Waals surface area contributed by atoms with Crippen LogP contribution in [0.1, 0.15) is 26.2 Å². The average Bonchev–Trinajstić information content (AvgIpc) is 2.80. The zero-order valence-corrected chi connectivity index (χ0v) is 10.9. The lowest BCUT2D eigenvalue weighted by Gasteiger charge is -2.15. The van der Waals surface area contributed by atoms with Gasteiger partial charge in [-0.2, -0.15) is 0 Å². The molecule has 2 atom stereocenters. The Morgan fingerprint density at radius 3 is 2.83 bits per heavy atom. The molecule has 1 aliphatic heterocycles. The van der Waals surface area contributed by atoms with Crippen LogP contribution >= 0.6 is 0 Å². The Kier molecular flexibility index (Phi) is 6.07. The molecule has 0 aromatic carbocycles. The highest BCUT2D eigenvalue weighted by Gasteiger charge is 2.22. The van der Waals surface area contributed by atoms with E-state index in [4.69, 9.17) is 10.8 Å². The largest absolute Gasteiger partial charge is 0.481 e. The third-order valence-electron chi connectivity index (χ3n) is 3.39. The Labute approximate surface area is 108 Å². The van der Waals surface area contributed by atoms with Gasteiger partial charge < -0.3 is 21.1 Å². The molecule has 0 aliphatic carbocycles. The predicted molar refractivity (Wildman–Crippen MR) is 68.1 cm³/mol. The molecule has 0 bridgehead atoms. The van der Waals surface area contributed by atoms with Crippen molar-refractivity contribution < 1.29 is 14.7 Å². The van der Waals surface area contributed by atoms with E-state index in [-0.39, 0.29) is 18.7 Å². The molecule has 1 saturated heterocycles. The van der Waals surface area contributed by atoms with Gasteiger partial charge in [-0.3, -0.25) is 9.59 Å². The fourth-order valence-electron chi connectivity index (χ4n) is 2.15. The number of amides is 1. The van der Waals surface area contributed by atoms with Gasteiger partial charge in [0.1, 0.15) is 0 Å². The Balaban J connectivity index is 2.18. The molecule has 0 spiro atoms. The van der Waals surface area contributed by atoms with Crippen molar-refractivity contribution in [2.75, 3.05) is 26.2 Å². The van der Waals surface area contributed by atoms with Crippen molar-refractivity contribution in [3.05, 3.63) is 0 Å². The van der Waals surface area contributed by atoms with Gasteiger partial charge in [0.15, 0.2) is 0 Å². The number of carbonyl (C=O) groups is 2. The molecular weight excluding hydrogens is 234 g/mol. The Morgan fingerprint density at radius 1 is 1.56 bits per heavy atom. The second-order valence-electron chi connectivity index (χ2n) is 4.83. The summed E-state index contributed by atoms with van der Waals surface area (Å²) in [6.45, 7) is 5.91. The average molecular weight is 257 g/mol. The summed E-state index contributed by atoms with van der Waals surface area (Å²) in [7, 11) is 0. The highest BCUT2D eigenvalue weighted by Crippen LogP contribution is 2.14. The first kappa shape index (κ1) is 14.9. The molecule has 104 valence electrons. The SMILES string of the molecule is CCN1CCC(CNC(=O)C(N)CCC(=O)O)C1. The number of carboxylic acids is 1. The van der Waals surface area contributed by atoms with Crippen molar-refractivity contribution >= 4 is 11.9 Å². The van der Waals surface area contributed by atoms with Gasteiger partial charge in [0.05, 0.1) is 6.04 Å². The van der Waals surface area contributed by atoms with Crippen LogP contribution in [0.2, 0.25) is 0 Å². The molecule has 1 fully saturated rings. The smallest absolute Gasteiger partial charge is 0.303 e. The molecule has 0 aromatic rings. The van der Waals surface area contributed by atoms with Gasteiger partial charge in [-0.05, 0) is 31.8 Å². The normalized spacial score (nSPS) is 21.8. The lowest BCUT2D eigenvalue weighted by atomic mass is 10.1. The first-order valence-electron chi connectivity index (χ1n) is 6.50. The summed E-state index contributed by atoms with van der Waals surface area (Å²) in [5.74, 6) is -0.681. The maximum absolute atomic E-state index is 11.6. The Hall–Kier alpha value is -1.14. The van der Waals surface area contributed by atoms with E-state index in [0.717, 1.165) is 26.1 Å². The van der Waals surface area contributed by atoms with E-state index >= 15 is 0 Å². The van der Waals surface area contributed by atoms with Crippen LogP contribution in [0.25, 0.3) is 0 Å². The first-order chi connectivity index (χ1) is 8.52. The quantitative estimate of drug-likeness (QED) is 0.578. The Bertz CT molecular complexity index is 296. The third-order valence-corrected chi connectivity index (χ3v) is 3.39. The highest BCUT2D eigenvalue weighted by atomic mass is 16.4. The van der Waals surface area contributed by atoms with Crippen LogP contribution in [0, 0.1) is 5.92 Å². The first-order valence-corrected chi connectivity index (χ1v) is 6.50. The van der Waals surface area contributed by atoms with Crippen molar-refractivity contribution in [2.24, 2.45) is 11.7 Å². The number of nitrogens with two attached hydrogens (primary N) is 1. The van der Waals surface area contributed by atoms with Crippen molar-refractivity contribution in [3.63, 3.8) is 0 Å². The molecular formula is C12H23N3O3. The van der Waals surface area contributed by atoms with Crippen molar-refractivity contribution in [2.45, 2.75) is 32.2 Å². The third kappa shape index (κ3) is 5.01. The predicted octanol–water partition coefficient (Wildman–Crippen LogP) is -0.363. The number of likely N-dealkylation sites (tertiary alicyclic amines) is 1. The van der Waals surface area contributed by atoms with Crippen LogP contribution in [0.3, 0.4) is 0 Å². The molecule has 6 heteroatoms. The number of hydrogen-bond donors (Lipinski definition) is 3. The summed E-state index contributed by atoms with van der Waals surface area (Å²) in [5, 5.41) is 11.3. The summed E-state index contributed by atoms with van der Waals surface area (Å²) in [6.07, 6.45) is 1.22. The van der Waals surface area contributed by atoms with E-state index in [1.165, 1.54) is 0 Å². The molecule has 0 aromatic heterocycles. The number of hydrogen-bond acceptors (Lipinski definition) is 4. The molecule has 4 N–H and O–H groups in total. The van der Waals surface area contributed by atoms with Gasteiger partial charge in [-0.15, -0.1) is 0 Å². The highest BCUT2D eigenvalue weighted by molar-refractivity contribution is 5.82. The molecule has 1 aliphatic rings. The van der Waals surface area contributed by atoms with Gasteiger partial charge in [-0.25, -0.2) is 0 Å².